The van der Waals surface area contributed by atoms with Crippen LogP contribution in [0.2, 0.25) is 0 Å². The van der Waals surface area contributed by atoms with Gasteiger partial charge in [0, 0.05) is 12.1 Å². The lowest BCUT2D eigenvalue weighted by Gasteiger charge is -2.11. The summed E-state index contributed by atoms with van der Waals surface area (Å²) in [5, 5.41) is 0. The SMILES string of the molecule is CCOC(=O)C(C)OC(=O)CCc1ccc(N)cc1. The third kappa shape index (κ3) is 5.42. The molecular weight excluding hydrogens is 246 g/mol. The van der Waals surface area contributed by atoms with Gasteiger partial charge in [0.2, 0.25) is 0 Å². The van der Waals surface area contributed by atoms with Crippen molar-refractivity contribution in [1.82, 2.24) is 0 Å². The molecule has 0 heterocycles. The number of nitrogen functional groups attached to an aromatic ring is 1. The molecule has 0 aromatic heterocycles. The van der Waals surface area contributed by atoms with Crippen molar-refractivity contribution in [1.29, 1.82) is 0 Å². The van der Waals surface area contributed by atoms with Crippen LogP contribution >= 0.6 is 0 Å². The van der Waals surface area contributed by atoms with E-state index in [1.807, 2.05) is 12.1 Å². The molecule has 0 aliphatic carbocycles. The van der Waals surface area contributed by atoms with E-state index in [-0.39, 0.29) is 13.0 Å². The van der Waals surface area contributed by atoms with Crippen LogP contribution in [-0.4, -0.2) is 24.6 Å². The zero-order chi connectivity index (χ0) is 14.3. The zero-order valence-electron chi connectivity index (χ0n) is 11.2. The Morgan fingerprint density at radius 3 is 2.47 bits per heavy atom. The van der Waals surface area contributed by atoms with E-state index >= 15 is 0 Å². The van der Waals surface area contributed by atoms with Crippen molar-refractivity contribution in [3.8, 4) is 0 Å². The smallest absolute Gasteiger partial charge is 0.347 e. The average molecular weight is 265 g/mol. The first-order chi connectivity index (χ1) is 9.02. The van der Waals surface area contributed by atoms with E-state index in [1.54, 1.807) is 19.1 Å². The minimum absolute atomic E-state index is 0.216. The number of hydrogen-bond acceptors (Lipinski definition) is 5. The van der Waals surface area contributed by atoms with Gasteiger partial charge in [-0.05, 0) is 38.0 Å². The van der Waals surface area contributed by atoms with E-state index in [0.717, 1.165) is 5.56 Å². The largest absolute Gasteiger partial charge is 0.463 e. The van der Waals surface area contributed by atoms with Crippen molar-refractivity contribution in [3.63, 3.8) is 0 Å². The molecular formula is C14H19NO4. The molecule has 0 radical (unpaired) electrons. The van der Waals surface area contributed by atoms with E-state index in [4.69, 9.17) is 15.2 Å². The molecule has 1 atom stereocenters. The molecule has 19 heavy (non-hydrogen) atoms. The van der Waals surface area contributed by atoms with E-state index in [9.17, 15) is 9.59 Å². The van der Waals surface area contributed by atoms with Crippen LogP contribution in [0.4, 0.5) is 5.69 Å². The van der Waals surface area contributed by atoms with Crippen molar-refractivity contribution in [2.45, 2.75) is 32.8 Å². The van der Waals surface area contributed by atoms with Gasteiger partial charge >= 0.3 is 11.9 Å². The monoisotopic (exact) mass is 265 g/mol. The fourth-order valence-electron chi connectivity index (χ4n) is 1.49. The number of rotatable bonds is 6. The summed E-state index contributed by atoms with van der Waals surface area (Å²) in [4.78, 5) is 22.8. The number of anilines is 1. The van der Waals surface area contributed by atoms with Crippen LogP contribution in [0.25, 0.3) is 0 Å². The fourth-order valence-corrected chi connectivity index (χ4v) is 1.49. The second-order valence-corrected chi connectivity index (χ2v) is 4.13. The molecule has 0 saturated carbocycles. The summed E-state index contributed by atoms with van der Waals surface area (Å²) in [7, 11) is 0. The Kier molecular flexibility index (Phi) is 5.85. The number of carbonyl (C=O) groups is 2. The lowest BCUT2D eigenvalue weighted by Crippen LogP contribution is -2.26. The summed E-state index contributed by atoms with van der Waals surface area (Å²) in [6.07, 6.45) is -0.0960. The molecule has 1 aromatic rings. The van der Waals surface area contributed by atoms with Crippen LogP contribution in [-0.2, 0) is 25.5 Å². The van der Waals surface area contributed by atoms with Crippen molar-refractivity contribution < 1.29 is 19.1 Å². The second kappa shape index (κ2) is 7.41. The first kappa shape index (κ1) is 15.0. The first-order valence-electron chi connectivity index (χ1n) is 6.23. The lowest BCUT2D eigenvalue weighted by atomic mass is 10.1. The van der Waals surface area contributed by atoms with Crippen molar-refractivity contribution in [2.75, 3.05) is 12.3 Å². The Bertz CT molecular complexity index is 428. The van der Waals surface area contributed by atoms with Crippen molar-refractivity contribution >= 4 is 17.6 Å². The number of esters is 2. The van der Waals surface area contributed by atoms with Gasteiger partial charge in [-0.1, -0.05) is 12.1 Å². The van der Waals surface area contributed by atoms with E-state index in [2.05, 4.69) is 0 Å². The third-order valence-electron chi connectivity index (χ3n) is 2.52. The topological polar surface area (TPSA) is 78.6 Å². The Hall–Kier alpha value is -2.04. The molecule has 5 heteroatoms. The molecule has 1 rings (SSSR count). The van der Waals surface area contributed by atoms with Gasteiger partial charge in [0.15, 0.2) is 6.10 Å². The Morgan fingerprint density at radius 1 is 1.26 bits per heavy atom. The molecule has 2 N–H and O–H groups in total. The van der Waals surface area contributed by atoms with Gasteiger partial charge in [0.05, 0.1) is 6.61 Å². The van der Waals surface area contributed by atoms with Crippen LogP contribution in [0.15, 0.2) is 24.3 Å². The number of aryl methyl sites for hydroxylation is 1. The van der Waals surface area contributed by atoms with Gasteiger partial charge in [0.1, 0.15) is 0 Å². The molecule has 0 aliphatic rings. The predicted molar refractivity (Wildman–Crippen MR) is 71.4 cm³/mol. The molecule has 0 fully saturated rings. The summed E-state index contributed by atoms with van der Waals surface area (Å²) in [5.41, 5.74) is 7.25. The second-order valence-electron chi connectivity index (χ2n) is 4.13. The van der Waals surface area contributed by atoms with Gasteiger partial charge in [0.25, 0.3) is 0 Å². The summed E-state index contributed by atoms with van der Waals surface area (Å²) in [6, 6.07) is 7.28. The molecule has 1 unspecified atom stereocenters. The predicted octanol–water partition coefficient (Wildman–Crippen LogP) is 1.70. The molecule has 0 amide bonds. The number of benzene rings is 1. The lowest BCUT2D eigenvalue weighted by molar-refractivity contribution is -0.166. The van der Waals surface area contributed by atoms with Gasteiger partial charge < -0.3 is 15.2 Å². The maximum Gasteiger partial charge on any atom is 0.347 e. The molecule has 1 aromatic carbocycles. The molecule has 5 nitrogen and oxygen atoms in total. The van der Waals surface area contributed by atoms with Crippen molar-refractivity contribution in [2.24, 2.45) is 0 Å². The Balaban J connectivity index is 2.35. The quantitative estimate of drug-likeness (QED) is 0.625. The molecule has 0 aliphatic heterocycles. The summed E-state index contributed by atoms with van der Waals surface area (Å²) in [5.74, 6) is -0.944. The molecule has 0 bridgehead atoms. The zero-order valence-corrected chi connectivity index (χ0v) is 11.2. The Labute approximate surface area is 112 Å². The number of hydrogen-bond donors (Lipinski definition) is 1. The average Bonchev–Trinajstić information content (AvgIpc) is 2.38. The van der Waals surface area contributed by atoms with Gasteiger partial charge in [-0.3, -0.25) is 4.79 Å². The van der Waals surface area contributed by atoms with Crippen LogP contribution < -0.4 is 5.73 Å². The normalized spacial score (nSPS) is 11.7. The molecule has 0 saturated heterocycles. The maximum atomic E-state index is 11.5. The standard InChI is InChI=1S/C14H19NO4/c1-3-18-14(17)10(2)19-13(16)9-6-11-4-7-12(15)8-5-11/h4-5,7-8,10H,3,6,9,15H2,1-2H3. The summed E-state index contributed by atoms with van der Waals surface area (Å²) >= 11 is 0. The highest BCUT2D eigenvalue weighted by Crippen LogP contribution is 2.08. The maximum absolute atomic E-state index is 11.5. The summed E-state index contributed by atoms with van der Waals surface area (Å²) < 4.78 is 9.72. The number of ether oxygens (including phenoxy) is 2. The van der Waals surface area contributed by atoms with Gasteiger partial charge in [-0.2, -0.15) is 0 Å². The van der Waals surface area contributed by atoms with Crippen molar-refractivity contribution in [3.05, 3.63) is 29.8 Å². The van der Waals surface area contributed by atoms with Gasteiger partial charge in [-0.15, -0.1) is 0 Å². The highest BCUT2D eigenvalue weighted by atomic mass is 16.6. The minimum atomic E-state index is -0.862. The summed E-state index contributed by atoms with van der Waals surface area (Å²) in [6.45, 7) is 3.47. The van der Waals surface area contributed by atoms with Gasteiger partial charge in [-0.25, -0.2) is 4.79 Å². The number of nitrogens with two attached hydrogens (primary N) is 1. The Morgan fingerprint density at radius 2 is 1.89 bits per heavy atom. The van der Waals surface area contributed by atoms with Crippen LogP contribution in [0.1, 0.15) is 25.8 Å². The van der Waals surface area contributed by atoms with Crippen LogP contribution in [0, 0.1) is 0 Å². The highest BCUT2D eigenvalue weighted by molar-refractivity contribution is 5.79. The van der Waals surface area contributed by atoms with Crippen LogP contribution in [0.5, 0.6) is 0 Å². The third-order valence-corrected chi connectivity index (χ3v) is 2.52. The van der Waals surface area contributed by atoms with E-state index in [1.165, 1.54) is 6.92 Å². The highest BCUT2D eigenvalue weighted by Gasteiger charge is 2.18. The van der Waals surface area contributed by atoms with E-state index < -0.39 is 18.0 Å². The minimum Gasteiger partial charge on any atom is -0.463 e. The van der Waals surface area contributed by atoms with E-state index in [0.29, 0.717) is 12.1 Å². The fraction of sp³-hybridized carbons (Fsp3) is 0.429. The molecule has 0 spiro atoms. The molecule has 104 valence electrons. The van der Waals surface area contributed by atoms with Crippen LogP contribution in [0.3, 0.4) is 0 Å². The first-order valence-corrected chi connectivity index (χ1v) is 6.23. The number of carbonyl (C=O) groups excluding carboxylic acids is 2.